The SMILES string of the molecule is CCC(CN(C=O)c1cc(F)cc(C(C)(C)O)c1)c1c(F)cc(OC)cc1F. The highest BCUT2D eigenvalue weighted by atomic mass is 19.1. The van der Waals surface area contributed by atoms with E-state index in [0.29, 0.717) is 12.8 Å². The van der Waals surface area contributed by atoms with Gasteiger partial charge in [-0.3, -0.25) is 4.79 Å². The number of rotatable bonds is 8. The number of hydrogen-bond donors (Lipinski definition) is 1. The molecule has 0 aliphatic rings. The topological polar surface area (TPSA) is 49.8 Å². The highest BCUT2D eigenvalue weighted by molar-refractivity contribution is 5.75. The summed E-state index contributed by atoms with van der Waals surface area (Å²) in [5.74, 6) is -2.78. The summed E-state index contributed by atoms with van der Waals surface area (Å²) in [6.07, 6.45) is 0.823. The number of anilines is 1. The van der Waals surface area contributed by atoms with Crippen molar-refractivity contribution in [3.05, 3.63) is 58.9 Å². The minimum atomic E-state index is -1.32. The van der Waals surface area contributed by atoms with Crippen LogP contribution in [0.4, 0.5) is 18.9 Å². The molecule has 1 N–H and O–H groups in total. The van der Waals surface area contributed by atoms with Crippen molar-refractivity contribution in [2.75, 3.05) is 18.6 Å². The largest absolute Gasteiger partial charge is 0.497 e. The van der Waals surface area contributed by atoms with Crippen LogP contribution in [0.15, 0.2) is 30.3 Å². The Bertz CT molecular complexity index is 826. The van der Waals surface area contributed by atoms with E-state index in [0.717, 1.165) is 18.2 Å². The molecule has 0 bridgehead atoms. The molecule has 0 saturated heterocycles. The number of carbonyl (C=O) groups excluding carboxylic acids is 1. The fraction of sp³-hybridized carbons (Fsp3) is 0.381. The Morgan fingerprint density at radius 1 is 1.14 bits per heavy atom. The van der Waals surface area contributed by atoms with E-state index in [-0.39, 0.29) is 29.1 Å². The standard InChI is InChI=1S/C21H24F3NO3/c1-5-13(20-18(23)9-17(28-4)10-19(20)24)11-25(12-26)16-7-14(21(2,3)27)6-15(22)8-16/h6-10,12-13,27H,5,11H2,1-4H3. The van der Waals surface area contributed by atoms with Crippen molar-refractivity contribution in [2.24, 2.45) is 0 Å². The Kier molecular flexibility index (Phi) is 6.72. The van der Waals surface area contributed by atoms with Gasteiger partial charge in [-0.1, -0.05) is 6.92 Å². The van der Waals surface area contributed by atoms with Crippen molar-refractivity contribution >= 4 is 12.1 Å². The highest BCUT2D eigenvalue weighted by Gasteiger charge is 2.24. The molecule has 152 valence electrons. The molecule has 0 aliphatic heterocycles. The molecule has 2 aromatic rings. The molecule has 1 atom stereocenters. The number of ether oxygens (including phenoxy) is 1. The Labute approximate surface area is 162 Å². The van der Waals surface area contributed by atoms with Gasteiger partial charge < -0.3 is 14.7 Å². The van der Waals surface area contributed by atoms with Gasteiger partial charge >= 0.3 is 0 Å². The van der Waals surface area contributed by atoms with Gasteiger partial charge in [0.2, 0.25) is 6.41 Å². The molecule has 0 fully saturated rings. The lowest BCUT2D eigenvalue weighted by Gasteiger charge is -2.26. The van der Waals surface area contributed by atoms with Gasteiger partial charge in [-0.25, -0.2) is 13.2 Å². The molecule has 7 heteroatoms. The van der Waals surface area contributed by atoms with Crippen molar-refractivity contribution in [3.63, 3.8) is 0 Å². The lowest BCUT2D eigenvalue weighted by Crippen LogP contribution is -2.28. The molecule has 2 aromatic carbocycles. The van der Waals surface area contributed by atoms with Gasteiger partial charge in [0.05, 0.1) is 12.7 Å². The second-order valence-electron chi connectivity index (χ2n) is 7.12. The fourth-order valence-corrected chi connectivity index (χ4v) is 3.03. The summed E-state index contributed by atoms with van der Waals surface area (Å²) in [5, 5.41) is 10.1. The first-order valence-electron chi connectivity index (χ1n) is 8.89. The maximum absolute atomic E-state index is 14.5. The molecule has 0 aliphatic carbocycles. The van der Waals surface area contributed by atoms with E-state index in [4.69, 9.17) is 4.74 Å². The van der Waals surface area contributed by atoms with Crippen LogP contribution in [0.25, 0.3) is 0 Å². The third kappa shape index (κ3) is 4.84. The van der Waals surface area contributed by atoms with Crippen LogP contribution < -0.4 is 9.64 Å². The summed E-state index contributed by atoms with van der Waals surface area (Å²) < 4.78 is 47.8. The number of methoxy groups -OCH3 is 1. The Balaban J connectivity index is 2.41. The summed E-state index contributed by atoms with van der Waals surface area (Å²) in [4.78, 5) is 12.8. The highest BCUT2D eigenvalue weighted by Crippen LogP contribution is 2.32. The van der Waals surface area contributed by atoms with E-state index in [1.54, 1.807) is 6.92 Å². The summed E-state index contributed by atoms with van der Waals surface area (Å²) >= 11 is 0. The van der Waals surface area contributed by atoms with Gasteiger partial charge in [0.25, 0.3) is 0 Å². The second-order valence-corrected chi connectivity index (χ2v) is 7.12. The van der Waals surface area contributed by atoms with Crippen LogP contribution in [-0.4, -0.2) is 25.2 Å². The lowest BCUT2D eigenvalue weighted by atomic mass is 9.93. The summed E-state index contributed by atoms with van der Waals surface area (Å²) in [5.41, 5.74) is -0.998. The van der Waals surface area contributed by atoms with E-state index >= 15 is 0 Å². The van der Waals surface area contributed by atoms with Crippen molar-refractivity contribution in [3.8, 4) is 5.75 Å². The number of amides is 1. The van der Waals surface area contributed by atoms with E-state index in [1.165, 1.54) is 38.0 Å². The minimum Gasteiger partial charge on any atom is -0.497 e. The summed E-state index contributed by atoms with van der Waals surface area (Å²) in [6, 6.07) is 5.95. The first-order chi connectivity index (χ1) is 13.1. The molecule has 1 amide bonds. The van der Waals surface area contributed by atoms with Gasteiger partial charge in [-0.05, 0) is 44.0 Å². The van der Waals surface area contributed by atoms with Crippen LogP contribution in [0, 0.1) is 17.5 Å². The molecule has 1 unspecified atom stereocenters. The molecule has 0 aromatic heterocycles. The Morgan fingerprint density at radius 2 is 1.75 bits per heavy atom. The maximum atomic E-state index is 14.5. The first kappa shape index (κ1) is 21.8. The average Bonchev–Trinajstić information content (AvgIpc) is 2.62. The summed E-state index contributed by atoms with van der Waals surface area (Å²) in [7, 11) is 1.31. The molecule has 0 saturated carbocycles. The van der Waals surface area contributed by atoms with Crippen molar-refractivity contribution < 1.29 is 27.8 Å². The number of nitrogens with zero attached hydrogens (tertiary/aromatic N) is 1. The van der Waals surface area contributed by atoms with Crippen LogP contribution in [0.5, 0.6) is 5.75 Å². The van der Waals surface area contributed by atoms with Crippen LogP contribution in [0.2, 0.25) is 0 Å². The summed E-state index contributed by atoms with van der Waals surface area (Å²) in [6.45, 7) is 4.67. The van der Waals surface area contributed by atoms with Gasteiger partial charge in [0.15, 0.2) is 0 Å². The Morgan fingerprint density at radius 3 is 2.21 bits per heavy atom. The molecule has 0 radical (unpaired) electrons. The average molecular weight is 395 g/mol. The molecule has 2 rings (SSSR count). The quantitative estimate of drug-likeness (QED) is 0.670. The van der Waals surface area contributed by atoms with Crippen molar-refractivity contribution in [2.45, 2.75) is 38.7 Å². The smallest absolute Gasteiger partial charge is 0.214 e. The van der Waals surface area contributed by atoms with Crippen LogP contribution >= 0.6 is 0 Å². The molecular weight excluding hydrogens is 371 g/mol. The zero-order chi connectivity index (χ0) is 21.1. The van der Waals surface area contributed by atoms with Gasteiger partial charge in [0, 0.05) is 35.8 Å². The van der Waals surface area contributed by atoms with Gasteiger partial charge in [-0.15, -0.1) is 0 Å². The third-order valence-electron chi connectivity index (χ3n) is 4.65. The zero-order valence-corrected chi connectivity index (χ0v) is 16.3. The van der Waals surface area contributed by atoms with Crippen LogP contribution in [-0.2, 0) is 10.4 Å². The van der Waals surface area contributed by atoms with Crippen molar-refractivity contribution in [1.29, 1.82) is 0 Å². The fourth-order valence-electron chi connectivity index (χ4n) is 3.03. The van der Waals surface area contributed by atoms with E-state index in [2.05, 4.69) is 0 Å². The number of hydrogen-bond acceptors (Lipinski definition) is 3. The number of benzene rings is 2. The minimum absolute atomic E-state index is 0.0563. The molecule has 28 heavy (non-hydrogen) atoms. The predicted octanol–water partition coefficient (Wildman–Crippen LogP) is 4.50. The predicted molar refractivity (Wildman–Crippen MR) is 101 cm³/mol. The van der Waals surface area contributed by atoms with Crippen LogP contribution in [0.3, 0.4) is 0 Å². The molecule has 0 heterocycles. The van der Waals surface area contributed by atoms with Gasteiger partial charge in [-0.2, -0.15) is 0 Å². The molecular formula is C21H24F3NO3. The van der Waals surface area contributed by atoms with E-state index in [9.17, 15) is 23.1 Å². The normalized spacial score (nSPS) is 12.6. The van der Waals surface area contributed by atoms with E-state index < -0.39 is 29.0 Å². The number of halogens is 3. The van der Waals surface area contributed by atoms with Crippen molar-refractivity contribution in [1.82, 2.24) is 0 Å². The van der Waals surface area contributed by atoms with E-state index in [1.807, 2.05) is 0 Å². The third-order valence-corrected chi connectivity index (χ3v) is 4.65. The maximum Gasteiger partial charge on any atom is 0.214 e. The molecule has 0 spiro atoms. The number of aliphatic hydroxyl groups is 1. The lowest BCUT2D eigenvalue weighted by molar-refractivity contribution is -0.107. The number of carbonyl (C=O) groups is 1. The van der Waals surface area contributed by atoms with Gasteiger partial charge in [0.1, 0.15) is 23.2 Å². The molecule has 4 nitrogen and oxygen atoms in total. The second kappa shape index (κ2) is 8.65. The monoisotopic (exact) mass is 395 g/mol. The zero-order valence-electron chi connectivity index (χ0n) is 16.3. The first-order valence-corrected chi connectivity index (χ1v) is 8.89. The Hall–Kier alpha value is -2.54. The van der Waals surface area contributed by atoms with Crippen LogP contribution in [0.1, 0.15) is 44.2 Å².